The summed E-state index contributed by atoms with van der Waals surface area (Å²) in [6.45, 7) is 3.25. The van der Waals surface area contributed by atoms with Gasteiger partial charge in [0.05, 0.1) is 20.6 Å². The van der Waals surface area contributed by atoms with Crippen LogP contribution in [0.3, 0.4) is 0 Å². The third kappa shape index (κ3) is 8.98. The molecule has 252 valence electrons. The molecule has 0 radical (unpaired) electrons. The first-order valence-electron chi connectivity index (χ1n) is 16.2. The zero-order valence-electron chi connectivity index (χ0n) is 27.2. The summed E-state index contributed by atoms with van der Waals surface area (Å²) in [7, 11) is -4.18. The maximum Gasteiger partial charge on any atom is 0.264 e. The predicted octanol–water partition coefficient (Wildman–Crippen LogP) is 7.89. The molecule has 0 bridgehead atoms. The molecule has 1 saturated carbocycles. The highest BCUT2D eigenvalue weighted by Crippen LogP contribution is 2.28. The van der Waals surface area contributed by atoms with E-state index in [1.807, 2.05) is 50.2 Å². The highest BCUT2D eigenvalue weighted by Gasteiger charge is 2.35. The number of hydrogen-bond donors (Lipinski definition) is 1. The molecule has 7 nitrogen and oxygen atoms in total. The van der Waals surface area contributed by atoms with Crippen molar-refractivity contribution in [2.45, 2.75) is 75.9 Å². The van der Waals surface area contributed by atoms with E-state index in [1.165, 1.54) is 17.0 Å². The lowest BCUT2D eigenvalue weighted by Gasteiger charge is -2.35. The molecule has 1 N–H and O–H groups in total. The van der Waals surface area contributed by atoms with Gasteiger partial charge in [-0.15, -0.1) is 0 Å². The molecule has 4 aromatic carbocycles. The Bertz CT molecular complexity index is 1810. The van der Waals surface area contributed by atoms with E-state index in [2.05, 4.69) is 5.32 Å². The minimum atomic E-state index is -4.18. The summed E-state index contributed by atoms with van der Waals surface area (Å²) in [6.07, 6.45) is 5.18. The van der Waals surface area contributed by atoms with Crippen LogP contribution in [0.5, 0.6) is 0 Å². The fourth-order valence-corrected chi connectivity index (χ4v) is 8.02. The fourth-order valence-electron chi connectivity index (χ4n) is 6.28. The maximum absolute atomic E-state index is 14.7. The second-order valence-electron chi connectivity index (χ2n) is 12.5. The quantitative estimate of drug-likeness (QED) is 0.162. The van der Waals surface area contributed by atoms with Gasteiger partial charge in [-0.2, -0.15) is 0 Å². The lowest BCUT2D eigenvalue weighted by Crippen LogP contribution is -2.55. The standard InChI is InChI=1S/C38H41Cl2N3O4S/c1-27-20-28(2)22-32(21-27)43(48(46,47)33-16-10-5-11-17-33)26-37(44)42(25-30-18-19-34(39)35(40)23-30)36(24-29-12-6-3-7-13-29)38(45)41-31-14-8-4-9-15-31/h3,5-7,10-13,16-23,31,36H,4,8-9,14-15,24-26H2,1-2H3,(H,41,45). The zero-order chi connectivity index (χ0) is 34.3. The summed E-state index contributed by atoms with van der Waals surface area (Å²) in [5, 5.41) is 3.91. The van der Waals surface area contributed by atoms with Gasteiger partial charge in [0.1, 0.15) is 12.6 Å². The second-order valence-corrected chi connectivity index (χ2v) is 15.2. The van der Waals surface area contributed by atoms with Gasteiger partial charge in [0.15, 0.2) is 0 Å². The van der Waals surface area contributed by atoms with Crippen LogP contribution in [-0.4, -0.2) is 43.8 Å². The number of carbonyl (C=O) groups excluding carboxylic acids is 2. The first kappa shape index (κ1) is 35.5. The highest BCUT2D eigenvalue weighted by molar-refractivity contribution is 7.92. The lowest BCUT2D eigenvalue weighted by atomic mass is 9.94. The molecule has 5 rings (SSSR count). The summed E-state index contributed by atoms with van der Waals surface area (Å²) in [5.74, 6) is -0.803. The molecule has 0 saturated heterocycles. The average Bonchev–Trinajstić information content (AvgIpc) is 3.07. The minimum absolute atomic E-state index is 0.0108. The number of rotatable bonds is 12. The lowest BCUT2D eigenvalue weighted by molar-refractivity contribution is -0.140. The van der Waals surface area contributed by atoms with E-state index in [0.717, 1.165) is 53.1 Å². The van der Waals surface area contributed by atoms with E-state index in [0.29, 0.717) is 21.3 Å². The van der Waals surface area contributed by atoms with Crippen molar-refractivity contribution < 1.29 is 18.0 Å². The van der Waals surface area contributed by atoms with Crippen LogP contribution in [0.25, 0.3) is 0 Å². The Labute approximate surface area is 293 Å². The van der Waals surface area contributed by atoms with Gasteiger partial charge in [-0.25, -0.2) is 8.42 Å². The number of nitrogens with zero attached hydrogens (tertiary/aromatic N) is 2. The third-order valence-corrected chi connectivity index (χ3v) is 11.2. The summed E-state index contributed by atoms with van der Waals surface area (Å²) in [4.78, 5) is 30.5. The number of halogens is 2. The third-order valence-electron chi connectivity index (χ3n) is 8.66. The summed E-state index contributed by atoms with van der Waals surface area (Å²) in [6, 6.07) is 27.2. The molecule has 1 aliphatic rings. The average molecular weight is 707 g/mol. The smallest absolute Gasteiger partial charge is 0.264 e. The van der Waals surface area contributed by atoms with Gasteiger partial charge in [-0.1, -0.05) is 103 Å². The molecule has 1 unspecified atom stereocenters. The van der Waals surface area contributed by atoms with E-state index in [9.17, 15) is 18.0 Å². The SMILES string of the molecule is Cc1cc(C)cc(N(CC(=O)N(Cc2ccc(Cl)c(Cl)c2)C(Cc2ccccc2)C(=O)NC2CCCCC2)S(=O)(=O)c2ccccc2)c1. The van der Waals surface area contributed by atoms with Crippen molar-refractivity contribution in [2.24, 2.45) is 0 Å². The number of benzene rings is 4. The van der Waals surface area contributed by atoms with Crippen LogP contribution >= 0.6 is 23.2 Å². The number of amides is 2. The van der Waals surface area contributed by atoms with Crippen LogP contribution in [0.1, 0.15) is 54.4 Å². The molecule has 1 atom stereocenters. The van der Waals surface area contributed by atoms with Gasteiger partial charge < -0.3 is 10.2 Å². The molecular weight excluding hydrogens is 665 g/mol. The number of nitrogens with one attached hydrogen (secondary N) is 1. The molecule has 2 amide bonds. The Morgan fingerprint density at radius 1 is 0.792 bits per heavy atom. The Morgan fingerprint density at radius 3 is 2.04 bits per heavy atom. The van der Waals surface area contributed by atoms with Crippen LogP contribution in [-0.2, 0) is 32.6 Å². The summed E-state index contributed by atoms with van der Waals surface area (Å²) in [5.41, 5.74) is 3.60. The Kier molecular flexibility index (Phi) is 11.8. The first-order chi connectivity index (χ1) is 23.0. The Hall–Kier alpha value is -3.85. The molecule has 48 heavy (non-hydrogen) atoms. The van der Waals surface area contributed by atoms with Crippen LogP contribution in [0.2, 0.25) is 10.0 Å². The number of carbonyl (C=O) groups is 2. The largest absolute Gasteiger partial charge is 0.352 e. The molecule has 0 heterocycles. The molecule has 1 fully saturated rings. The highest BCUT2D eigenvalue weighted by atomic mass is 35.5. The summed E-state index contributed by atoms with van der Waals surface area (Å²) >= 11 is 12.6. The Balaban J connectivity index is 1.59. The van der Waals surface area contributed by atoms with Crippen molar-refractivity contribution >= 4 is 50.7 Å². The predicted molar refractivity (Wildman–Crippen MR) is 193 cm³/mol. The molecule has 4 aromatic rings. The van der Waals surface area contributed by atoms with Gasteiger partial charge in [0.2, 0.25) is 11.8 Å². The van der Waals surface area contributed by atoms with Crippen molar-refractivity contribution in [3.8, 4) is 0 Å². The van der Waals surface area contributed by atoms with Gasteiger partial charge in [0, 0.05) is 19.0 Å². The van der Waals surface area contributed by atoms with E-state index < -0.39 is 28.5 Å². The second kappa shape index (κ2) is 16.0. The Morgan fingerprint density at radius 2 is 1.42 bits per heavy atom. The van der Waals surface area contributed by atoms with Crippen LogP contribution < -0.4 is 9.62 Å². The summed E-state index contributed by atoms with van der Waals surface area (Å²) < 4.78 is 29.7. The molecule has 1 aliphatic carbocycles. The minimum Gasteiger partial charge on any atom is -0.352 e. The van der Waals surface area contributed by atoms with Gasteiger partial charge >= 0.3 is 0 Å². The topological polar surface area (TPSA) is 86.8 Å². The van der Waals surface area contributed by atoms with E-state index in [4.69, 9.17) is 23.2 Å². The van der Waals surface area contributed by atoms with Gasteiger partial charge in [-0.3, -0.25) is 13.9 Å². The maximum atomic E-state index is 14.7. The molecule has 0 spiro atoms. The van der Waals surface area contributed by atoms with Crippen LogP contribution in [0.4, 0.5) is 5.69 Å². The van der Waals surface area contributed by atoms with Crippen molar-refractivity contribution in [2.75, 3.05) is 10.8 Å². The van der Waals surface area contributed by atoms with Crippen molar-refractivity contribution in [1.29, 1.82) is 0 Å². The number of aryl methyl sites for hydroxylation is 2. The van der Waals surface area contributed by atoms with Crippen molar-refractivity contribution in [3.63, 3.8) is 0 Å². The molecule has 10 heteroatoms. The van der Waals surface area contributed by atoms with E-state index in [1.54, 1.807) is 48.5 Å². The number of sulfonamides is 1. The molecule has 0 aromatic heterocycles. The number of anilines is 1. The molecule has 0 aliphatic heterocycles. The monoisotopic (exact) mass is 705 g/mol. The van der Waals surface area contributed by atoms with Crippen molar-refractivity contribution in [3.05, 3.63) is 129 Å². The van der Waals surface area contributed by atoms with E-state index >= 15 is 0 Å². The van der Waals surface area contributed by atoms with Gasteiger partial charge in [-0.05, 0) is 85.3 Å². The van der Waals surface area contributed by atoms with Crippen LogP contribution in [0.15, 0.2) is 102 Å². The fraction of sp³-hybridized carbons (Fsp3) is 0.316. The van der Waals surface area contributed by atoms with Gasteiger partial charge in [0.25, 0.3) is 10.0 Å². The van der Waals surface area contributed by atoms with Crippen molar-refractivity contribution in [1.82, 2.24) is 10.2 Å². The molecular formula is C38H41Cl2N3O4S. The first-order valence-corrected chi connectivity index (χ1v) is 18.4. The van der Waals surface area contributed by atoms with E-state index in [-0.39, 0.29) is 29.8 Å². The zero-order valence-corrected chi connectivity index (χ0v) is 29.6. The normalized spacial score (nSPS) is 14.2. The van der Waals surface area contributed by atoms with Crippen LogP contribution in [0, 0.1) is 13.8 Å². The number of hydrogen-bond acceptors (Lipinski definition) is 4.